The molecule has 0 aliphatic rings. The Balaban J connectivity index is 3.08. The highest BCUT2D eigenvalue weighted by Crippen LogP contribution is 2.11. The van der Waals surface area contributed by atoms with Gasteiger partial charge in [0.15, 0.2) is 0 Å². The van der Waals surface area contributed by atoms with Crippen LogP contribution in [-0.4, -0.2) is 9.97 Å². The van der Waals surface area contributed by atoms with E-state index < -0.39 is 12.0 Å². The van der Waals surface area contributed by atoms with E-state index in [1.807, 2.05) is 0 Å². The summed E-state index contributed by atoms with van der Waals surface area (Å²) in [7, 11) is 0. The molecule has 0 aliphatic carbocycles. The van der Waals surface area contributed by atoms with Crippen molar-refractivity contribution >= 4 is 0 Å². The van der Waals surface area contributed by atoms with Crippen molar-refractivity contribution in [1.29, 1.82) is 0 Å². The van der Waals surface area contributed by atoms with Crippen LogP contribution < -0.4 is 0 Å². The molecule has 0 fully saturated rings. The monoisotopic (exact) mass is 158 g/mol. The maximum Gasteiger partial charge on any atom is 0.311 e. The molecule has 0 aliphatic heterocycles. The second kappa shape index (κ2) is 2.90. The first-order chi connectivity index (χ1) is 5.09. The van der Waals surface area contributed by atoms with E-state index in [1.165, 1.54) is 0 Å². The number of rotatable bonds is 1. The van der Waals surface area contributed by atoms with E-state index in [9.17, 15) is 8.78 Å². The zero-order valence-electron chi connectivity index (χ0n) is 6.31. The molecule has 0 bridgehead atoms. The van der Waals surface area contributed by atoms with E-state index in [0.29, 0.717) is 5.69 Å². The van der Waals surface area contributed by atoms with Crippen LogP contribution >= 0.6 is 0 Å². The zero-order valence-corrected chi connectivity index (χ0v) is 6.31. The van der Waals surface area contributed by atoms with Crippen molar-refractivity contribution < 1.29 is 8.78 Å². The van der Waals surface area contributed by atoms with Gasteiger partial charge in [0.1, 0.15) is 0 Å². The lowest BCUT2D eigenvalue weighted by Crippen LogP contribution is -2.00. The Labute approximate surface area is 63.3 Å². The fourth-order valence-electron chi connectivity index (χ4n) is 0.702. The van der Waals surface area contributed by atoms with Crippen molar-refractivity contribution in [2.24, 2.45) is 0 Å². The Bertz CT molecular complexity index is 240. The van der Waals surface area contributed by atoms with Crippen LogP contribution in [0.5, 0.6) is 0 Å². The number of hydrogen-bond donors (Lipinski definition) is 0. The molecule has 60 valence electrons. The summed E-state index contributed by atoms with van der Waals surface area (Å²) in [6.45, 7) is 3.61. The van der Waals surface area contributed by atoms with Crippen molar-refractivity contribution in [3.05, 3.63) is 23.8 Å². The van der Waals surface area contributed by atoms with Gasteiger partial charge in [0, 0.05) is 6.07 Å². The summed E-state index contributed by atoms with van der Waals surface area (Å²) in [6, 6.07) is 1.13. The molecular weight excluding hydrogens is 150 g/mol. The van der Waals surface area contributed by atoms with Crippen LogP contribution in [0.4, 0.5) is 8.78 Å². The molecule has 0 N–H and O–H groups in total. The van der Waals surface area contributed by atoms with Gasteiger partial charge < -0.3 is 0 Å². The Kier molecular flexibility index (Phi) is 2.12. The molecule has 4 heteroatoms. The summed E-state index contributed by atoms with van der Waals surface area (Å²) in [6.07, 6.45) is -1.01. The van der Waals surface area contributed by atoms with Gasteiger partial charge >= 0.3 is 6.08 Å². The minimum absolute atomic E-state index is 0.0157. The zero-order chi connectivity index (χ0) is 8.43. The van der Waals surface area contributed by atoms with Gasteiger partial charge in [-0.3, -0.25) is 0 Å². The van der Waals surface area contributed by atoms with E-state index in [0.717, 1.165) is 6.07 Å². The van der Waals surface area contributed by atoms with Gasteiger partial charge in [-0.15, -0.1) is 0 Å². The summed E-state index contributed by atoms with van der Waals surface area (Å²) in [5.74, 6) is -0.803. The van der Waals surface area contributed by atoms with E-state index in [-0.39, 0.29) is 5.92 Å². The summed E-state index contributed by atoms with van der Waals surface area (Å²) in [4.78, 5) is 6.29. The van der Waals surface area contributed by atoms with E-state index >= 15 is 0 Å². The first-order valence-electron chi connectivity index (χ1n) is 3.29. The number of nitrogens with zero attached hydrogens (tertiary/aromatic N) is 2. The minimum atomic E-state index is -1.01. The summed E-state index contributed by atoms with van der Waals surface area (Å²) >= 11 is 0. The third-order valence-electron chi connectivity index (χ3n) is 1.28. The average molecular weight is 158 g/mol. The van der Waals surface area contributed by atoms with Crippen LogP contribution in [0.3, 0.4) is 0 Å². The fraction of sp³-hybridized carbons (Fsp3) is 0.429. The van der Waals surface area contributed by atoms with Crippen molar-refractivity contribution in [1.82, 2.24) is 9.97 Å². The van der Waals surface area contributed by atoms with Gasteiger partial charge in [-0.05, 0) is 5.92 Å². The fourth-order valence-corrected chi connectivity index (χ4v) is 0.702. The SMILES string of the molecule is CC(C)c1cc(F)nc(F)n1. The van der Waals surface area contributed by atoms with E-state index in [2.05, 4.69) is 9.97 Å². The maximum atomic E-state index is 12.4. The molecule has 1 rings (SSSR count). The van der Waals surface area contributed by atoms with Gasteiger partial charge in [0.05, 0.1) is 5.69 Å². The molecule has 1 aromatic heterocycles. The standard InChI is InChI=1S/C7H8F2N2/c1-4(2)5-3-6(8)11-7(9)10-5/h3-4H,1-2H3. The molecule has 0 atom stereocenters. The van der Waals surface area contributed by atoms with Crippen molar-refractivity contribution in [2.75, 3.05) is 0 Å². The topological polar surface area (TPSA) is 25.8 Å². The molecule has 1 aromatic rings. The van der Waals surface area contributed by atoms with Crippen LogP contribution in [0.25, 0.3) is 0 Å². The molecule has 0 saturated carbocycles. The summed E-state index contributed by atoms with van der Waals surface area (Å²) < 4.78 is 24.7. The predicted molar refractivity (Wildman–Crippen MR) is 36.0 cm³/mol. The number of halogens is 2. The highest BCUT2D eigenvalue weighted by Gasteiger charge is 2.05. The summed E-state index contributed by atoms with van der Waals surface area (Å²) in [5.41, 5.74) is 0.384. The highest BCUT2D eigenvalue weighted by atomic mass is 19.1. The smallest absolute Gasteiger partial charge is 0.207 e. The van der Waals surface area contributed by atoms with Crippen LogP contribution in [0.2, 0.25) is 0 Å². The maximum absolute atomic E-state index is 12.4. The summed E-state index contributed by atoms with van der Waals surface area (Å²) in [5, 5.41) is 0. The van der Waals surface area contributed by atoms with Gasteiger partial charge in [0.25, 0.3) is 0 Å². The Morgan fingerprint density at radius 3 is 2.36 bits per heavy atom. The molecular formula is C7H8F2N2. The second-order valence-electron chi connectivity index (χ2n) is 2.54. The lowest BCUT2D eigenvalue weighted by molar-refractivity contribution is 0.473. The van der Waals surface area contributed by atoms with Gasteiger partial charge in [-0.2, -0.15) is 13.8 Å². The Morgan fingerprint density at radius 1 is 1.27 bits per heavy atom. The number of aromatic nitrogens is 2. The largest absolute Gasteiger partial charge is 0.311 e. The second-order valence-corrected chi connectivity index (χ2v) is 2.54. The molecule has 2 nitrogen and oxygen atoms in total. The first kappa shape index (κ1) is 8.04. The van der Waals surface area contributed by atoms with Gasteiger partial charge in [0.2, 0.25) is 5.95 Å². The highest BCUT2D eigenvalue weighted by molar-refractivity contribution is 5.04. The van der Waals surface area contributed by atoms with Gasteiger partial charge in [-0.1, -0.05) is 13.8 Å². The van der Waals surface area contributed by atoms with Crippen LogP contribution in [0, 0.1) is 12.0 Å². The average Bonchev–Trinajstić information content (AvgIpc) is 1.85. The quantitative estimate of drug-likeness (QED) is 0.460. The normalized spacial score (nSPS) is 10.6. The Hall–Kier alpha value is -1.06. The van der Waals surface area contributed by atoms with Crippen molar-refractivity contribution in [2.45, 2.75) is 19.8 Å². The first-order valence-corrected chi connectivity index (χ1v) is 3.29. The third-order valence-corrected chi connectivity index (χ3v) is 1.28. The number of hydrogen-bond acceptors (Lipinski definition) is 2. The molecule has 0 spiro atoms. The van der Waals surface area contributed by atoms with Crippen molar-refractivity contribution in [3.8, 4) is 0 Å². The molecule has 0 amide bonds. The van der Waals surface area contributed by atoms with Crippen LogP contribution in [0.15, 0.2) is 6.07 Å². The third kappa shape index (κ3) is 1.93. The minimum Gasteiger partial charge on any atom is -0.207 e. The lowest BCUT2D eigenvalue weighted by Gasteiger charge is -2.02. The molecule has 0 aromatic carbocycles. The van der Waals surface area contributed by atoms with E-state index in [4.69, 9.17) is 0 Å². The molecule has 0 radical (unpaired) electrons. The Morgan fingerprint density at radius 2 is 1.91 bits per heavy atom. The van der Waals surface area contributed by atoms with Crippen LogP contribution in [-0.2, 0) is 0 Å². The predicted octanol–water partition coefficient (Wildman–Crippen LogP) is 1.88. The van der Waals surface area contributed by atoms with Crippen LogP contribution in [0.1, 0.15) is 25.5 Å². The molecule has 0 unspecified atom stereocenters. The molecule has 0 saturated heterocycles. The molecule has 1 heterocycles. The molecule has 11 heavy (non-hydrogen) atoms. The lowest BCUT2D eigenvalue weighted by atomic mass is 10.1. The van der Waals surface area contributed by atoms with Crippen molar-refractivity contribution in [3.63, 3.8) is 0 Å². The van der Waals surface area contributed by atoms with E-state index in [1.54, 1.807) is 13.8 Å². The van der Waals surface area contributed by atoms with Gasteiger partial charge in [-0.25, -0.2) is 4.98 Å².